The Morgan fingerprint density at radius 3 is 2.83 bits per heavy atom. The van der Waals surface area contributed by atoms with Crippen molar-refractivity contribution in [3.63, 3.8) is 0 Å². The van der Waals surface area contributed by atoms with Gasteiger partial charge in [-0.15, -0.1) is 11.3 Å². The zero-order valence-electron chi connectivity index (χ0n) is 10.5. The second-order valence-electron chi connectivity index (χ2n) is 4.14. The van der Waals surface area contributed by atoms with Crippen molar-refractivity contribution >= 4 is 33.7 Å². The number of nitrogen functional groups attached to an aromatic ring is 1. The molecule has 0 bridgehead atoms. The molecule has 5 nitrogen and oxygen atoms in total. The summed E-state index contributed by atoms with van der Waals surface area (Å²) in [5, 5.41) is 13.2. The van der Waals surface area contributed by atoms with Gasteiger partial charge in [-0.25, -0.2) is 4.98 Å². The summed E-state index contributed by atoms with van der Waals surface area (Å²) in [6.07, 6.45) is 0. The molecule has 1 unspecified atom stereocenters. The molecule has 0 aliphatic heterocycles. The summed E-state index contributed by atoms with van der Waals surface area (Å²) >= 11 is 2.92. The largest absolute Gasteiger partial charge is 0.394 e. The van der Waals surface area contributed by atoms with Gasteiger partial charge in [-0.1, -0.05) is 0 Å². The van der Waals surface area contributed by atoms with Crippen molar-refractivity contribution in [2.75, 3.05) is 24.3 Å². The van der Waals surface area contributed by atoms with Crippen molar-refractivity contribution in [1.82, 2.24) is 9.36 Å². The monoisotopic (exact) mass is 284 g/mol. The molecule has 0 radical (unpaired) electrons. The highest BCUT2D eigenvalue weighted by atomic mass is 32.1. The summed E-state index contributed by atoms with van der Waals surface area (Å²) in [5.74, 6) is 0.497. The summed E-state index contributed by atoms with van der Waals surface area (Å²) in [4.78, 5) is 6.44. The summed E-state index contributed by atoms with van der Waals surface area (Å²) in [6.45, 7) is 4.00. The number of aryl methyl sites for hydroxylation is 1. The highest BCUT2D eigenvalue weighted by Gasteiger charge is 2.21. The second-order valence-corrected chi connectivity index (χ2v) is 5.96. The molecule has 0 fully saturated rings. The van der Waals surface area contributed by atoms with Crippen LogP contribution in [0.1, 0.15) is 11.9 Å². The Bertz CT molecular complexity index is 537. The maximum Gasteiger partial charge on any atom is 0.148 e. The first-order valence-corrected chi connectivity index (χ1v) is 7.21. The third-order valence-corrected chi connectivity index (χ3v) is 4.55. The Labute approximate surface area is 114 Å². The highest BCUT2D eigenvalue weighted by Crippen LogP contribution is 2.39. The second kappa shape index (κ2) is 5.21. The van der Waals surface area contributed by atoms with Crippen LogP contribution in [0.5, 0.6) is 0 Å². The number of aromatic nitrogens is 2. The fourth-order valence-electron chi connectivity index (χ4n) is 1.58. The number of aliphatic hydroxyl groups excluding tert-OH is 1. The number of likely N-dealkylation sites (N-methyl/N-ethyl adjacent to an activating group) is 1. The first-order chi connectivity index (χ1) is 8.54. The van der Waals surface area contributed by atoms with Gasteiger partial charge in [-0.2, -0.15) is 4.37 Å². The lowest BCUT2D eigenvalue weighted by atomic mass is 10.2. The Morgan fingerprint density at radius 1 is 1.56 bits per heavy atom. The Kier molecular flexibility index (Phi) is 3.84. The minimum absolute atomic E-state index is 0.0170. The van der Waals surface area contributed by atoms with Gasteiger partial charge in [0.25, 0.3) is 0 Å². The molecule has 0 aliphatic carbocycles. The number of hydrogen-bond acceptors (Lipinski definition) is 7. The van der Waals surface area contributed by atoms with E-state index in [2.05, 4.69) is 9.36 Å². The molecule has 2 aromatic heterocycles. The van der Waals surface area contributed by atoms with Crippen molar-refractivity contribution in [1.29, 1.82) is 0 Å². The maximum absolute atomic E-state index is 9.24. The number of thiazole rings is 1. The van der Waals surface area contributed by atoms with Crippen molar-refractivity contribution in [3.8, 4) is 11.3 Å². The fourth-order valence-corrected chi connectivity index (χ4v) is 3.06. The van der Waals surface area contributed by atoms with Crippen LogP contribution >= 0.6 is 22.9 Å². The minimum atomic E-state index is 0.0170. The molecule has 0 amide bonds. The molecule has 0 aromatic carbocycles. The van der Waals surface area contributed by atoms with Gasteiger partial charge in [0.15, 0.2) is 0 Å². The molecule has 7 heteroatoms. The number of aliphatic hydroxyl groups is 1. The van der Waals surface area contributed by atoms with Crippen LogP contribution in [-0.2, 0) is 0 Å². The Morgan fingerprint density at radius 2 is 2.28 bits per heavy atom. The van der Waals surface area contributed by atoms with E-state index in [1.165, 1.54) is 11.5 Å². The number of hydrogen-bond donors (Lipinski definition) is 2. The van der Waals surface area contributed by atoms with Crippen molar-refractivity contribution in [2.24, 2.45) is 0 Å². The van der Waals surface area contributed by atoms with E-state index in [-0.39, 0.29) is 12.6 Å². The smallest absolute Gasteiger partial charge is 0.148 e. The summed E-state index contributed by atoms with van der Waals surface area (Å²) in [5.41, 5.74) is 7.66. The van der Waals surface area contributed by atoms with Crippen LogP contribution in [0.25, 0.3) is 11.3 Å². The minimum Gasteiger partial charge on any atom is -0.394 e. The van der Waals surface area contributed by atoms with Gasteiger partial charge < -0.3 is 15.7 Å². The summed E-state index contributed by atoms with van der Waals surface area (Å²) in [6, 6.07) is 0.0170. The molecule has 1 atom stereocenters. The highest BCUT2D eigenvalue weighted by molar-refractivity contribution is 7.11. The maximum atomic E-state index is 9.24. The van der Waals surface area contributed by atoms with Crippen molar-refractivity contribution in [2.45, 2.75) is 19.9 Å². The predicted octanol–water partition coefficient (Wildman–Crippen LogP) is 1.97. The standard InChI is InChI=1S/C11H16N4OS2/c1-6(4-16)15(3)11-9(10(12)14-18-11)8-5-17-7(2)13-8/h5-6,16H,4H2,1-3H3,(H2,12,14). The lowest BCUT2D eigenvalue weighted by Crippen LogP contribution is -2.31. The van der Waals surface area contributed by atoms with Crippen LogP contribution < -0.4 is 10.6 Å². The van der Waals surface area contributed by atoms with E-state index in [1.54, 1.807) is 11.3 Å². The number of nitrogens with zero attached hydrogens (tertiary/aromatic N) is 3. The van der Waals surface area contributed by atoms with Gasteiger partial charge in [0.2, 0.25) is 0 Å². The van der Waals surface area contributed by atoms with Crippen LogP contribution in [0.3, 0.4) is 0 Å². The number of anilines is 2. The first-order valence-electron chi connectivity index (χ1n) is 5.56. The topological polar surface area (TPSA) is 75.3 Å². The Balaban J connectivity index is 2.45. The molecule has 0 aliphatic rings. The number of nitrogens with two attached hydrogens (primary N) is 1. The SMILES string of the molecule is Cc1nc(-c2c(N)nsc2N(C)C(C)CO)cs1. The van der Waals surface area contributed by atoms with Crippen LogP contribution in [0.2, 0.25) is 0 Å². The molecule has 98 valence electrons. The fraction of sp³-hybridized carbons (Fsp3) is 0.455. The van der Waals surface area contributed by atoms with E-state index in [9.17, 15) is 5.11 Å². The van der Waals surface area contributed by atoms with Crippen molar-refractivity contribution < 1.29 is 5.11 Å². The van der Waals surface area contributed by atoms with Gasteiger partial charge in [-0.05, 0) is 25.4 Å². The quantitative estimate of drug-likeness (QED) is 0.898. The third-order valence-electron chi connectivity index (χ3n) is 2.82. The van der Waals surface area contributed by atoms with E-state index in [4.69, 9.17) is 5.73 Å². The van der Waals surface area contributed by atoms with E-state index in [1.807, 2.05) is 31.2 Å². The van der Waals surface area contributed by atoms with E-state index < -0.39 is 0 Å². The predicted molar refractivity (Wildman–Crippen MR) is 77.3 cm³/mol. The molecule has 0 saturated heterocycles. The van der Waals surface area contributed by atoms with Crippen LogP contribution in [0.4, 0.5) is 10.8 Å². The molecule has 0 saturated carbocycles. The zero-order valence-corrected chi connectivity index (χ0v) is 12.2. The van der Waals surface area contributed by atoms with E-state index >= 15 is 0 Å². The number of rotatable bonds is 4. The lowest BCUT2D eigenvalue weighted by Gasteiger charge is -2.24. The zero-order chi connectivity index (χ0) is 13.3. The first kappa shape index (κ1) is 13.3. The van der Waals surface area contributed by atoms with Gasteiger partial charge >= 0.3 is 0 Å². The molecule has 2 rings (SSSR count). The summed E-state index contributed by atoms with van der Waals surface area (Å²) in [7, 11) is 1.93. The Hall–Kier alpha value is -1.18. The molecular formula is C11H16N4OS2. The molecule has 18 heavy (non-hydrogen) atoms. The third kappa shape index (κ3) is 2.33. The average molecular weight is 284 g/mol. The molecule has 0 spiro atoms. The van der Waals surface area contributed by atoms with Crippen LogP contribution in [0, 0.1) is 6.92 Å². The van der Waals surface area contributed by atoms with Gasteiger partial charge in [0.05, 0.1) is 22.9 Å². The van der Waals surface area contributed by atoms with Gasteiger partial charge in [0, 0.05) is 18.5 Å². The molecule has 3 N–H and O–H groups in total. The summed E-state index contributed by atoms with van der Waals surface area (Å²) < 4.78 is 4.20. The van der Waals surface area contributed by atoms with Gasteiger partial charge in [-0.3, -0.25) is 0 Å². The lowest BCUT2D eigenvalue weighted by molar-refractivity contribution is 0.270. The normalized spacial score (nSPS) is 12.7. The van der Waals surface area contributed by atoms with Crippen LogP contribution in [0.15, 0.2) is 5.38 Å². The van der Waals surface area contributed by atoms with E-state index in [0.29, 0.717) is 5.82 Å². The van der Waals surface area contributed by atoms with Crippen LogP contribution in [-0.4, -0.2) is 34.2 Å². The molecule has 2 heterocycles. The van der Waals surface area contributed by atoms with Crippen molar-refractivity contribution in [3.05, 3.63) is 10.4 Å². The average Bonchev–Trinajstić information content (AvgIpc) is 2.93. The molecule has 2 aromatic rings. The molecular weight excluding hydrogens is 268 g/mol. The van der Waals surface area contributed by atoms with E-state index in [0.717, 1.165) is 21.3 Å². The van der Waals surface area contributed by atoms with Gasteiger partial charge in [0.1, 0.15) is 10.8 Å².